The van der Waals surface area contributed by atoms with E-state index in [1.54, 1.807) is 26.8 Å². The highest BCUT2D eigenvalue weighted by atomic mass is 19.4. The monoisotopic (exact) mass is 411 g/mol. The first-order valence-corrected chi connectivity index (χ1v) is 10.3. The molecule has 2 aliphatic carbocycles. The molecule has 1 aromatic carbocycles. The molecule has 0 aromatic heterocycles. The van der Waals surface area contributed by atoms with Gasteiger partial charge in [-0.05, 0) is 50.2 Å². The van der Waals surface area contributed by atoms with Crippen LogP contribution in [0, 0.1) is 11.3 Å². The Morgan fingerprint density at radius 3 is 2.34 bits per heavy atom. The molecule has 0 radical (unpaired) electrons. The third-order valence-corrected chi connectivity index (χ3v) is 6.66. The Kier molecular flexibility index (Phi) is 4.68. The number of halogens is 3. The number of likely N-dealkylation sites (tertiary alicyclic amines) is 1. The van der Waals surface area contributed by atoms with Gasteiger partial charge in [-0.15, -0.1) is 0 Å². The van der Waals surface area contributed by atoms with E-state index < -0.39 is 17.3 Å². The van der Waals surface area contributed by atoms with Gasteiger partial charge in [0.05, 0.1) is 5.60 Å². The summed E-state index contributed by atoms with van der Waals surface area (Å²) in [4.78, 5) is 14.2. The van der Waals surface area contributed by atoms with Crippen molar-refractivity contribution in [2.45, 2.75) is 70.3 Å². The third kappa shape index (κ3) is 3.74. The van der Waals surface area contributed by atoms with Crippen molar-refractivity contribution in [2.24, 2.45) is 11.3 Å². The van der Waals surface area contributed by atoms with E-state index in [0.717, 1.165) is 0 Å². The molecule has 1 spiro atoms. The number of rotatable bonds is 4. The van der Waals surface area contributed by atoms with Crippen molar-refractivity contribution in [1.29, 1.82) is 0 Å². The van der Waals surface area contributed by atoms with Crippen LogP contribution < -0.4 is 4.74 Å². The largest absolute Gasteiger partial charge is 0.490 e. The second kappa shape index (κ2) is 6.62. The van der Waals surface area contributed by atoms with E-state index in [9.17, 15) is 23.1 Å². The average molecular weight is 411 g/mol. The molecule has 4 nitrogen and oxygen atoms in total. The third-order valence-electron chi connectivity index (χ3n) is 6.66. The van der Waals surface area contributed by atoms with Gasteiger partial charge < -0.3 is 14.7 Å². The van der Waals surface area contributed by atoms with Crippen molar-refractivity contribution in [3.63, 3.8) is 0 Å². The Morgan fingerprint density at radius 1 is 1.21 bits per heavy atom. The maximum atomic E-state index is 13.6. The number of hydrogen-bond donors (Lipinski definition) is 1. The van der Waals surface area contributed by atoms with E-state index in [0.29, 0.717) is 38.8 Å². The van der Waals surface area contributed by atoms with Crippen molar-refractivity contribution >= 4 is 5.91 Å². The Balaban J connectivity index is 1.34. The molecule has 1 heterocycles. The molecule has 1 N–H and O–H groups in total. The van der Waals surface area contributed by atoms with Crippen molar-refractivity contribution in [3.8, 4) is 5.75 Å². The molecule has 1 aliphatic heterocycles. The first-order chi connectivity index (χ1) is 13.4. The van der Waals surface area contributed by atoms with Gasteiger partial charge in [-0.25, -0.2) is 0 Å². The summed E-state index contributed by atoms with van der Waals surface area (Å²) in [6.45, 7) is 6.51. The fraction of sp³-hybridized carbons (Fsp3) is 0.682. The fourth-order valence-electron chi connectivity index (χ4n) is 5.21. The molecule has 29 heavy (non-hydrogen) atoms. The molecule has 1 saturated heterocycles. The molecule has 1 aromatic rings. The van der Waals surface area contributed by atoms with Gasteiger partial charge in [0.25, 0.3) is 0 Å². The SMILES string of the molecule is CC(C)c1cccc(OC2CC3(C2)CN(C(=O)C2CC(C)(O)C2)C3)c1C(F)(F)F. The van der Waals surface area contributed by atoms with Crippen LogP contribution in [0.4, 0.5) is 13.2 Å². The number of aliphatic hydroxyl groups is 1. The number of carbonyl (C=O) groups excluding carboxylic acids is 1. The molecule has 7 heteroatoms. The quantitative estimate of drug-likeness (QED) is 0.801. The smallest absolute Gasteiger partial charge is 0.420 e. The lowest BCUT2D eigenvalue weighted by atomic mass is 9.61. The molecule has 3 fully saturated rings. The first kappa shape index (κ1) is 20.5. The zero-order valence-electron chi connectivity index (χ0n) is 17.1. The van der Waals surface area contributed by atoms with Gasteiger partial charge in [0.15, 0.2) is 0 Å². The van der Waals surface area contributed by atoms with Crippen LogP contribution in [0.25, 0.3) is 0 Å². The molecule has 2 saturated carbocycles. The minimum absolute atomic E-state index is 0.0132. The predicted molar refractivity (Wildman–Crippen MR) is 102 cm³/mol. The number of hydrogen-bond acceptors (Lipinski definition) is 3. The summed E-state index contributed by atoms with van der Waals surface area (Å²) in [6, 6.07) is 4.53. The predicted octanol–water partition coefficient (Wildman–Crippen LogP) is 4.36. The molecular formula is C22H28F3NO3. The van der Waals surface area contributed by atoms with E-state index in [-0.39, 0.29) is 40.6 Å². The number of ether oxygens (including phenoxy) is 1. The number of alkyl halides is 3. The average Bonchev–Trinajstić information content (AvgIpc) is 2.51. The summed E-state index contributed by atoms with van der Waals surface area (Å²) in [6.07, 6.45) is -2.35. The Morgan fingerprint density at radius 2 is 1.83 bits per heavy atom. The normalized spacial score (nSPS) is 28.7. The lowest BCUT2D eigenvalue weighted by Gasteiger charge is -2.59. The Hall–Kier alpha value is -1.76. The van der Waals surface area contributed by atoms with Crippen LogP contribution in [-0.2, 0) is 11.0 Å². The van der Waals surface area contributed by atoms with Gasteiger partial charge in [-0.1, -0.05) is 26.0 Å². The molecule has 4 rings (SSSR count). The van der Waals surface area contributed by atoms with E-state index in [1.165, 1.54) is 12.1 Å². The van der Waals surface area contributed by atoms with E-state index >= 15 is 0 Å². The standard InChI is InChI=1S/C22H28F3NO3/c1-13(2)16-5-4-6-17(18(16)22(23,24)25)29-15-9-21(10-15)11-26(12-21)19(27)14-7-20(3,28)8-14/h4-6,13-15,28H,7-12H2,1-3H3. The number of nitrogens with zero attached hydrogens (tertiary/aromatic N) is 1. The van der Waals surface area contributed by atoms with Crippen LogP contribution in [0.1, 0.15) is 63.5 Å². The van der Waals surface area contributed by atoms with Gasteiger partial charge in [0.1, 0.15) is 17.4 Å². The van der Waals surface area contributed by atoms with Gasteiger partial charge in [0, 0.05) is 24.4 Å². The van der Waals surface area contributed by atoms with Crippen LogP contribution in [0.15, 0.2) is 18.2 Å². The summed E-state index contributed by atoms with van der Waals surface area (Å²) in [7, 11) is 0. The van der Waals surface area contributed by atoms with Gasteiger partial charge in [0.2, 0.25) is 5.91 Å². The topological polar surface area (TPSA) is 49.8 Å². The number of amides is 1. The molecule has 160 valence electrons. The molecule has 0 unspecified atom stereocenters. The van der Waals surface area contributed by atoms with E-state index in [2.05, 4.69) is 0 Å². The van der Waals surface area contributed by atoms with Crippen LogP contribution in [0.3, 0.4) is 0 Å². The summed E-state index contributed by atoms with van der Waals surface area (Å²) in [5, 5.41) is 9.81. The Labute approximate surface area is 169 Å². The van der Waals surface area contributed by atoms with Gasteiger partial charge >= 0.3 is 6.18 Å². The van der Waals surface area contributed by atoms with Crippen LogP contribution in [0.5, 0.6) is 5.75 Å². The summed E-state index contributed by atoms with van der Waals surface area (Å²) >= 11 is 0. The summed E-state index contributed by atoms with van der Waals surface area (Å²) in [5.74, 6) is -0.341. The van der Waals surface area contributed by atoms with Crippen LogP contribution in [0.2, 0.25) is 0 Å². The fourth-order valence-corrected chi connectivity index (χ4v) is 5.21. The second-order valence-corrected chi connectivity index (χ2v) is 9.82. The first-order valence-electron chi connectivity index (χ1n) is 10.3. The minimum atomic E-state index is -4.46. The maximum absolute atomic E-state index is 13.6. The van der Waals surface area contributed by atoms with Crippen molar-refractivity contribution in [1.82, 2.24) is 4.90 Å². The molecule has 0 atom stereocenters. The molecule has 0 bridgehead atoms. The van der Waals surface area contributed by atoms with Crippen molar-refractivity contribution < 1.29 is 27.8 Å². The lowest BCUT2D eigenvalue weighted by Crippen LogP contribution is -2.67. The maximum Gasteiger partial charge on any atom is 0.420 e. The highest BCUT2D eigenvalue weighted by Crippen LogP contribution is 2.52. The highest BCUT2D eigenvalue weighted by molar-refractivity contribution is 5.81. The number of carbonyl (C=O) groups is 1. The van der Waals surface area contributed by atoms with Crippen LogP contribution >= 0.6 is 0 Å². The number of benzene rings is 1. The zero-order valence-corrected chi connectivity index (χ0v) is 17.1. The Bertz CT molecular complexity index is 796. The molecule has 1 amide bonds. The minimum Gasteiger partial charge on any atom is -0.490 e. The van der Waals surface area contributed by atoms with Gasteiger partial charge in [-0.3, -0.25) is 4.79 Å². The lowest BCUT2D eigenvalue weighted by molar-refractivity contribution is -0.175. The van der Waals surface area contributed by atoms with Gasteiger partial charge in [-0.2, -0.15) is 13.2 Å². The van der Waals surface area contributed by atoms with Crippen molar-refractivity contribution in [2.75, 3.05) is 13.1 Å². The zero-order chi connectivity index (χ0) is 21.2. The summed E-state index contributed by atoms with van der Waals surface area (Å²) in [5.41, 5.74) is -1.15. The van der Waals surface area contributed by atoms with E-state index in [1.807, 2.05) is 4.90 Å². The second-order valence-electron chi connectivity index (χ2n) is 9.82. The molecule has 3 aliphatic rings. The summed E-state index contributed by atoms with van der Waals surface area (Å²) < 4.78 is 46.7. The highest BCUT2D eigenvalue weighted by Gasteiger charge is 2.57. The van der Waals surface area contributed by atoms with E-state index in [4.69, 9.17) is 4.74 Å². The molecular weight excluding hydrogens is 383 g/mol. The van der Waals surface area contributed by atoms with Crippen molar-refractivity contribution in [3.05, 3.63) is 29.3 Å². The van der Waals surface area contributed by atoms with Crippen LogP contribution in [-0.4, -0.2) is 40.7 Å².